The fourth-order valence-electron chi connectivity index (χ4n) is 3.90. The number of nitrogens with one attached hydrogen (secondary N) is 1. The Morgan fingerprint density at radius 3 is 2.50 bits per heavy atom. The van der Waals surface area contributed by atoms with E-state index in [1.54, 1.807) is 4.90 Å². The summed E-state index contributed by atoms with van der Waals surface area (Å²) in [5, 5.41) is 2.82. The Hall–Kier alpha value is -3.06. The van der Waals surface area contributed by atoms with E-state index in [-0.39, 0.29) is 11.9 Å². The van der Waals surface area contributed by atoms with Gasteiger partial charge in [0.25, 0.3) is 5.91 Å². The van der Waals surface area contributed by atoms with Crippen molar-refractivity contribution in [2.45, 2.75) is 6.92 Å². The standard InChI is InChI=1S/C23H28N4O3/c1-18-7-8-19(17-21(18)27-10-9-24-23(27)29)22(28)26-13-11-25(12-14-26)15-16-30-20-5-3-2-4-6-20/h2-8,17H,9-16H2,1H3,(H,24,29). The van der Waals surface area contributed by atoms with Gasteiger partial charge in [-0.1, -0.05) is 24.3 Å². The number of amides is 3. The highest BCUT2D eigenvalue weighted by molar-refractivity contribution is 5.99. The van der Waals surface area contributed by atoms with E-state index in [0.717, 1.165) is 36.6 Å². The molecule has 0 saturated carbocycles. The van der Waals surface area contributed by atoms with Crippen LogP contribution in [0.25, 0.3) is 0 Å². The fraction of sp³-hybridized carbons (Fsp3) is 0.391. The average molecular weight is 409 g/mol. The number of aryl methyl sites for hydroxylation is 1. The van der Waals surface area contributed by atoms with E-state index in [1.165, 1.54) is 0 Å². The van der Waals surface area contributed by atoms with Gasteiger partial charge in [0.1, 0.15) is 12.4 Å². The summed E-state index contributed by atoms with van der Waals surface area (Å²) in [5.74, 6) is 0.907. The summed E-state index contributed by atoms with van der Waals surface area (Å²) >= 11 is 0. The van der Waals surface area contributed by atoms with E-state index in [0.29, 0.717) is 38.3 Å². The molecule has 158 valence electrons. The quantitative estimate of drug-likeness (QED) is 0.797. The number of hydrogen-bond acceptors (Lipinski definition) is 4. The molecule has 0 atom stereocenters. The van der Waals surface area contributed by atoms with Crippen LogP contribution in [0.15, 0.2) is 48.5 Å². The summed E-state index contributed by atoms with van der Waals surface area (Å²) in [6, 6.07) is 15.3. The van der Waals surface area contributed by atoms with Gasteiger partial charge in [0.15, 0.2) is 0 Å². The van der Waals surface area contributed by atoms with Gasteiger partial charge in [0.05, 0.1) is 0 Å². The van der Waals surface area contributed by atoms with Gasteiger partial charge in [0.2, 0.25) is 0 Å². The highest BCUT2D eigenvalue weighted by atomic mass is 16.5. The van der Waals surface area contributed by atoms with Gasteiger partial charge >= 0.3 is 6.03 Å². The Bertz CT molecular complexity index is 895. The first-order valence-corrected chi connectivity index (χ1v) is 10.5. The number of ether oxygens (including phenoxy) is 1. The molecule has 2 aliphatic rings. The second kappa shape index (κ2) is 9.17. The summed E-state index contributed by atoms with van der Waals surface area (Å²) < 4.78 is 5.77. The summed E-state index contributed by atoms with van der Waals surface area (Å²) in [5.41, 5.74) is 2.44. The molecule has 0 radical (unpaired) electrons. The molecule has 7 heteroatoms. The van der Waals surface area contributed by atoms with E-state index in [2.05, 4.69) is 10.2 Å². The molecule has 3 amide bonds. The van der Waals surface area contributed by atoms with Gasteiger partial charge in [0, 0.05) is 57.1 Å². The highest BCUT2D eigenvalue weighted by Crippen LogP contribution is 2.24. The first-order valence-electron chi connectivity index (χ1n) is 10.5. The van der Waals surface area contributed by atoms with Crippen LogP contribution in [0.1, 0.15) is 15.9 Å². The predicted octanol–water partition coefficient (Wildman–Crippen LogP) is 2.36. The van der Waals surface area contributed by atoms with Crippen molar-refractivity contribution in [2.24, 2.45) is 0 Å². The molecule has 2 aliphatic heterocycles. The second-order valence-corrected chi connectivity index (χ2v) is 7.68. The molecule has 4 rings (SSSR count). The summed E-state index contributed by atoms with van der Waals surface area (Å²) in [6.07, 6.45) is 0. The monoisotopic (exact) mass is 408 g/mol. The molecule has 0 aromatic heterocycles. The Morgan fingerprint density at radius 2 is 1.80 bits per heavy atom. The number of piperazine rings is 1. The minimum Gasteiger partial charge on any atom is -0.492 e. The topological polar surface area (TPSA) is 65.1 Å². The maximum atomic E-state index is 13.0. The Labute approximate surface area is 177 Å². The number of para-hydroxylation sites is 1. The van der Waals surface area contributed by atoms with E-state index >= 15 is 0 Å². The number of hydrogen-bond donors (Lipinski definition) is 1. The molecule has 7 nitrogen and oxygen atoms in total. The minimum absolute atomic E-state index is 0.0241. The summed E-state index contributed by atoms with van der Waals surface area (Å²) in [6.45, 7) is 7.75. The Kier molecular flexibility index (Phi) is 6.18. The third kappa shape index (κ3) is 4.57. The van der Waals surface area contributed by atoms with Crippen LogP contribution in [0.4, 0.5) is 10.5 Å². The van der Waals surface area contributed by atoms with Gasteiger partial charge in [-0.15, -0.1) is 0 Å². The van der Waals surface area contributed by atoms with Crippen LogP contribution >= 0.6 is 0 Å². The molecular weight excluding hydrogens is 380 g/mol. The summed E-state index contributed by atoms with van der Waals surface area (Å²) in [4.78, 5) is 31.0. The number of anilines is 1. The van der Waals surface area contributed by atoms with Crippen LogP contribution in [0.3, 0.4) is 0 Å². The lowest BCUT2D eigenvalue weighted by Crippen LogP contribution is -2.49. The van der Waals surface area contributed by atoms with Crippen LogP contribution in [0, 0.1) is 6.92 Å². The smallest absolute Gasteiger partial charge is 0.322 e. The molecule has 0 bridgehead atoms. The lowest BCUT2D eigenvalue weighted by molar-refractivity contribution is 0.0620. The van der Waals surface area contributed by atoms with Crippen LogP contribution in [0.5, 0.6) is 5.75 Å². The molecule has 30 heavy (non-hydrogen) atoms. The molecule has 2 heterocycles. The molecule has 0 unspecified atom stereocenters. The van der Waals surface area contributed by atoms with Gasteiger partial charge in [-0.3, -0.25) is 14.6 Å². The van der Waals surface area contributed by atoms with Crippen LogP contribution < -0.4 is 15.0 Å². The van der Waals surface area contributed by atoms with Crippen molar-refractivity contribution >= 4 is 17.6 Å². The summed E-state index contributed by atoms with van der Waals surface area (Å²) in [7, 11) is 0. The normalized spacial score (nSPS) is 17.2. The average Bonchev–Trinajstić information content (AvgIpc) is 3.20. The van der Waals surface area contributed by atoms with Crippen molar-refractivity contribution in [1.29, 1.82) is 0 Å². The number of carbonyl (C=O) groups excluding carboxylic acids is 2. The van der Waals surface area contributed by atoms with Crippen molar-refractivity contribution in [1.82, 2.24) is 15.1 Å². The van der Waals surface area contributed by atoms with Crippen LogP contribution in [0.2, 0.25) is 0 Å². The van der Waals surface area contributed by atoms with Crippen molar-refractivity contribution in [3.8, 4) is 5.75 Å². The first kappa shape index (κ1) is 20.2. The minimum atomic E-state index is -0.103. The van der Waals surface area contributed by atoms with Gasteiger partial charge in [-0.05, 0) is 36.8 Å². The third-order valence-electron chi connectivity index (χ3n) is 5.68. The maximum Gasteiger partial charge on any atom is 0.322 e. The van der Waals surface area contributed by atoms with Gasteiger partial charge < -0.3 is 15.0 Å². The zero-order valence-corrected chi connectivity index (χ0v) is 17.3. The predicted molar refractivity (Wildman–Crippen MR) is 116 cm³/mol. The second-order valence-electron chi connectivity index (χ2n) is 7.68. The number of rotatable bonds is 6. The molecular formula is C23H28N4O3. The molecule has 2 aromatic carbocycles. The lowest BCUT2D eigenvalue weighted by atomic mass is 10.1. The Morgan fingerprint density at radius 1 is 1.03 bits per heavy atom. The van der Waals surface area contributed by atoms with E-state index in [4.69, 9.17) is 4.74 Å². The number of nitrogens with zero attached hydrogens (tertiary/aromatic N) is 3. The molecule has 0 spiro atoms. The lowest BCUT2D eigenvalue weighted by Gasteiger charge is -2.34. The molecule has 2 fully saturated rings. The van der Waals surface area contributed by atoms with Crippen molar-refractivity contribution in [3.05, 3.63) is 59.7 Å². The maximum absolute atomic E-state index is 13.0. The van der Waals surface area contributed by atoms with E-state index in [9.17, 15) is 9.59 Å². The number of benzene rings is 2. The van der Waals surface area contributed by atoms with Gasteiger partial charge in [-0.2, -0.15) is 0 Å². The van der Waals surface area contributed by atoms with Gasteiger partial charge in [-0.25, -0.2) is 4.79 Å². The largest absolute Gasteiger partial charge is 0.492 e. The first-order chi connectivity index (χ1) is 14.6. The van der Waals surface area contributed by atoms with Crippen molar-refractivity contribution in [3.63, 3.8) is 0 Å². The molecule has 0 aliphatic carbocycles. The molecule has 2 aromatic rings. The SMILES string of the molecule is Cc1ccc(C(=O)N2CCN(CCOc3ccccc3)CC2)cc1N1CCNC1=O. The third-order valence-corrected chi connectivity index (χ3v) is 5.68. The van der Waals surface area contributed by atoms with E-state index < -0.39 is 0 Å². The number of urea groups is 1. The highest BCUT2D eigenvalue weighted by Gasteiger charge is 2.26. The molecule has 1 N–H and O–H groups in total. The van der Waals surface area contributed by atoms with Crippen molar-refractivity contribution < 1.29 is 14.3 Å². The Balaban J connectivity index is 1.30. The van der Waals surface area contributed by atoms with Crippen molar-refractivity contribution in [2.75, 3.05) is 57.3 Å². The van der Waals surface area contributed by atoms with Crippen LogP contribution in [-0.2, 0) is 0 Å². The fourth-order valence-corrected chi connectivity index (χ4v) is 3.90. The van der Waals surface area contributed by atoms with E-state index in [1.807, 2.05) is 60.4 Å². The zero-order chi connectivity index (χ0) is 20.9. The van der Waals surface area contributed by atoms with Crippen LogP contribution in [-0.4, -0.2) is 74.2 Å². The number of carbonyl (C=O) groups is 2. The zero-order valence-electron chi connectivity index (χ0n) is 17.3. The molecule has 2 saturated heterocycles.